The first-order valence-corrected chi connectivity index (χ1v) is 28.3. The standard InChI is InChI=1S/C76H46N8/c77-47-48-43-45-49(46-44-48)68-69(76-79-74(50-23-3-1-4-24-50)78-75(80-76)51-25-5-2-6-26-51)71(82-62-37-17-9-29-54(62)55-30-10-18-38-63(55)82)73(84-66-41-21-13-33-58(66)59-34-14-22-42-67(59)84)72(83-64-39-19-11-31-56(64)57-32-12-20-40-65(57)83)70(68)81-60-35-15-7-27-52(60)53-28-8-16-36-61(53)81/h1-46H. The maximum Gasteiger partial charge on any atom is 0.166 e. The van der Waals surface area contributed by atoms with Gasteiger partial charge in [0.15, 0.2) is 17.5 Å². The number of hydrogen-bond acceptors (Lipinski definition) is 4. The average molecular weight is 1070 g/mol. The number of fused-ring (bicyclic) bond motifs is 12. The zero-order chi connectivity index (χ0) is 55.4. The third kappa shape index (κ3) is 6.97. The van der Waals surface area contributed by atoms with Crippen LogP contribution in [0.5, 0.6) is 0 Å². The van der Waals surface area contributed by atoms with Crippen molar-refractivity contribution in [3.05, 3.63) is 285 Å². The molecule has 5 aromatic heterocycles. The molecule has 8 heteroatoms. The average Bonchev–Trinajstić information content (AvgIpc) is 1.58. The van der Waals surface area contributed by atoms with E-state index in [0.29, 0.717) is 23.0 Å². The van der Waals surface area contributed by atoms with Crippen LogP contribution < -0.4 is 0 Å². The van der Waals surface area contributed by atoms with Gasteiger partial charge >= 0.3 is 0 Å². The minimum absolute atomic E-state index is 0.469. The van der Waals surface area contributed by atoms with Crippen molar-refractivity contribution in [3.8, 4) is 74.1 Å². The van der Waals surface area contributed by atoms with E-state index in [0.717, 1.165) is 138 Å². The van der Waals surface area contributed by atoms with Crippen molar-refractivity contribution in [3.63, 3.8) is 0 Å². The third-order valence-electron chi connectivity index (χ3n) is 16.8. The van der Waals surface area contributed by atoms with Crippen LogP contribution in [-0.2, 0) is 0 Å². The molecule has 0 spiro atoms. The summed E-state index contributed by atoms with van der Waals surface area (Å²) in [6, 6.07) is 101. The highest BCUT2D eigenvalue weighted by Crippen LogP contribution is 2.54. The van der Waals surface area contributed by atoms with Gasteiger partial charge in [-0.05, 0) is 66.2 Å². The molecule has 17 aromatic rings. The van der Waals surface area contributed by atoms with Gasteiger partial charge in [-0.1, -0.05) is 218 Å². The van der Waals surface area contributed by atoms with Crippen LogP contribution in [0, 0.1) is 11.3 Å². The van der Waals surface area contributed by atoms with Crippen LogP contribution in [0.1, 0.15) is 5.56 Å². The van der Waals surface area contributed by atoms with Crippen LogP contribution in [-0.4, -0.2) is 33.2 Å². The smallest absolute Gasteiger partial charge is 0.166 e. The van der Waals surface area contributed by atoms with Crippen LogP contribution in [0.25, 0.3) is 155 Å². The van der Waals surface area contributed by atoms with E-state index in [4.69, 9.17) is 15.0 Å². The van der Waals surface area contributed by atoms with Gasteiger partial charge in [0.25, 0.3) is 0 Å². The molecule has 5 heterocycles. The van der Waals surface area contributed by atoms with Crippen LogP contribution in [0.3, 0.4) is 0 Å². The van der Waals surface area contributed by atoms with Gasteiger partial charge in [-0.25, -0.2) is 15.0 Å². The SMILES string of the molecule is N#Cc1ccc(-c2c(-c3nc(-c4ccccc4)nc(-c4ccccc4)n3)c(-n3c4ccccc4c4ccccc43)c(-n3c4ccccc4c4ccccc43)c(-n3c4ccccc4c4ccccc43)c2-n2c3ccccc3c3ccccc32)cc1. The summed E-state index contributed by atoms with van der Waals surface area (Å²) in [7, 11) is 0. The van der Waals surface area contributed by atoms with Gasteiger partial charge in [-0.3, -0.25) is 0 Å². The summed E-state index contributed by atoms with van der Waals surface area (Å²) in [6.45, 7) is 0. The number of rotatable bonds is 8. The summed E-state index contributed by atoms with van der Waals surface area (Å²) in [4.78, 5) is 17.0. The fourth-order valence-electron chi connectivity index (χ4n) is 13.3. The van der Waals surface area contributed by atoms with Crippen molar-refractivity contribution >= 4 is 87.2 Å². The Hall–Kier alpha value is -11.7. The fraction of sp³-hybridized carbons (Fsp3) is 0. The quantitative estimate of drug-likeness (QED) is 0.152. The topological polar surface area (TPSA) is 82.2 Å². The number of benzene rings is 12. The molecule has 0 aliphatic carbocycles. The molecule has 0 atom stereocenters. The molecule has 0 N–H and O–H groups in total. The van der Waals surface area contributed by atoms with E-state index in [1.54, 1.807) is 0 Å². The Balaban J connectivity index is 1.26. The number of nitriles is 1. The van der Waals surface area contributed by atoms with Gasteiger partial charge in [-0.15, -0.1) is 0 Å². The second kappa shape index (κ2) is 18.7. The largest absolute Gasteiger partial charge is 0.306 e. The first-order valence-electron chi connectivity index (χ1n) is 28.3. The van der Waals surface area contributed by atoms with Crippen molar-refractivity contribution in [1.82, 2.24) is 33.2 Å². The maximum atomic E-state index is 10.6. The number of hydrogen-bond donors (Lipinski definition) is 0. The lowest BCUT2D eigenvalue weighted by atomic mass is 9.90. The Morgan fingerprint density at radius 3 is 0.774 bits per heavy atom. The summed E-state index contributed by atoms with van der Waals surface area (Å²) in [5.41, 5.74) is 16.5. The molecule has 0 saturated carbocycles. The number of nitrogens with zero attached hydrogens (tertiary/aromatic N) is 8. The maximum absolute atomic E-state index is 10.6. The second-order valence-electron chi connectivity index (χ2n) is 21.4. The molecule has 8 nitrogen and oxygen atoms in total. The van der Waals surface area contributed by atoms with Crippen LogP contribution in [0.15, 0.2) is 279 Å². The van der Waals surface area contributed by atoms with E-state index in [2.05, 4.69) is 255 Å². The highest BCUT2D eigenvalue weighted by atomic mass is 15.2. The lowest BCUT2D eigenvalue weighted by Crippen LogP contribution is -2.17. The van der Waals surface area contributed by atoms with Crippen molar-refractivity contribution in [2.45, 2.75) is 0 Å². The molecule has 0 saturated heterocycles. The Morgan fingerprint density at radius 2 is 0.476 bits per heavy atom. The van der Waals surface area contributed by atoms with Gasteiger partial charge in [0.1, 0.15) is 0 Å². The normalized spacial score (nSPS) is 11.8. The summed E-state index contributed by atoms with van der Waals surface area (Å²) in [5, 5.41) is 19.5. The van der Waals surface area contributed by atoms with E-state index in [1.165, 1.54) is 0 Å². The Morgan fingerprint density at radius 1 is 0.226 bits per heavy atom. The van der Waals surface area contributed by atoms with Gasteiger partial charge in [-0.2, -0.15) is 5.26 Å². The molecular formula is C76H46N8. The molecular weight excluding hydrogens is 1020 g/mol. The van der Waals surface area contributed by atoms with Crippen LogP contribution in [0.4, 0.5) is 0 Å². The number of para-hydroxylation sites is 8. The first kappa shape index (κ1) is 47.2. The van der Waals surface area contributed by atoms with Crippen molar-refractivity contribution in [1.29, 1.82) is 5.26 Å². The summed E-state index contributed by atoms with van der Waals surface area (Å²) in [6.07, 6.45) is 0. The first-order chi connectivity index (χ1) is 41.7. The third-order valence-corrected chi connectivity index (χ3v) is 16.8. The molecule has 390 valence electrons. The lowest BCUT2D eigenvalue weighted by molar-refractivity contribution is 1.01. The highest BCUT2D eigenvalue weighted by Gasteiger charge is 2.37. The highest BCUT2D eigenvalue weighted by molar-refractivity contribution is 6.18. The van der Waals surface area contributed by atoms with E-state index < -0.39 is 0 Å². The summed E-state index contributed by atoms with van der Waals surface area (Å²) >= 11 is 0. The van der Waals surface area contributed by atoms with Gasteiger partial charge < -0.3 is 18.3 Å². The minimum atomic E-state index is 0.469. The molecule has 0 amide bonds. The molecule has 17 rings (SSSR count). The van der Waals surface area contributed by atoms with Crippen molar-refractivity contribution in [2.24, 2.45) is 0 Å². The molecule has 0 bridgehead atoms. The molecule has 0 fully saturated rings. The van der Waals surface area contributed by atoms with Crippen LogP contribution in [0.2, 0.25) is 0 Å². The Kier molecular flexibility index (Phi) is 10.5. The zero-order valence-corrected chi connectivity index (χ0v) is 45.1. The van der Waals surface area contributed by atoms with Gasteiger partial charge in [0.05, 0.1) is 84.1 Å². The molecule has 0 unspecified atom stereocenters. The van der Waals surface area contributed by atoms with Crippen molar-refractivity contribution < 1.29 is 0 Å². The van der Waals surface area contributed by atoms with Crippen LogP contribution >= 0.6 is 0 Å². The lowest BCUT2D eigenvalue weighted by Gasteiger charge is -2.31. The van der Waals surface area contributed by atoms with E-state index in [-0.39, 0.29) is 0 Å². The fourth-order valence-corrected chi connectivity index (χ4v) is 13.3. The van der Waals surface area contributed by atoms with Crippen molar-refractivity contribution in [2.75, 3.05) is 0 Å². The Labute approximate surface area is 481 Å². The summed E-state index contributed by atoms with van der Waals surface area (Å²) < 4.78 is 10.0. The Bertz CT molecular complexity index is 5290. The molecule has 0 aliphatic heterocycles. The predicted octanol–water partition coefficient (Wildman–Crippen LogP) is 18.8. The zero-order valence-electron chi connectivity index (χ0n) is 45.1. The van der Waals surface area contributed by atoms with E-state index in [9.17, 15) is 5.26 Å². The molecule has 84 heavy (non-hydrogen) atoms. The van der Waals surface area contributed by atoms with E-state index >= 15 is 0 Å². The van der Waals surface area contributed by atoms with E-state index in [1.807, 2.05) is 48.5 Å². The van der Waals surface area contributed by atoms with Gasteiger partial charge in [0, 0.05) is 59.8 Å². The predicted molar refractivity (Wildman–Crippen MR) is 344 cm³/mol. The summed E-state index contributed by atoms with van der Waals surface area (Å²) in [5.74, 6) is 1.53. The van der Waals surface area contributed by atoms with Gasteiger partial charge in [0.2, 0.25) is 0 Å². The molecule has 12 aromatic carbocycles. The monoisotopic (exact) mass is 1070 g/mol. The molecule has 0 radical (unpaired) electrons. The second-order valence-corrected chi connectivity index (χ2v) is 21.4. The minimum Gasteiger partial charge on any atom is -0.306 e. The molecule has 0 aliphatic rings. The number of aromatic nitrogens is 7.